The van der Waals surface area contributed by atoms with E-state index in [9.17, 15) is 13.2 Å². The lowest BCUT2D eigenvalue weighted by Crippen LogP contribution is -2.03. The molecule has 6 nitrogen and oxygen atoms in total. The van der Waals surface area contributed by atoms with Crippen molar-refractivity contribution in [1.82, 2.24) is 25.0 Å². The summed E-state index contributed by atoms with van der Waals surface area (Å²) in [5.41, 5.74) is 1.63. The van der Waals surface area contributed by atoms with Crippen LogP contribution in [0, 0.1) is 17.5 Å². The van der Waals surface area contributed by atoms with Crippen LogP contribution in [-0.4, -0.2) is 25.0 Å². The first-order chi connectivity index (χ1) is 12.6. The van der Waals surface area contributed by atoms with Crippen molar-refractivity contribution >= 4 is 22.7 Å². The van der Waals surface area contributed by atoms with Gasteiger partial charge in [0.1, 0.15) is 23.8 Å². The Morgan fingerprint density at radius 3 is 2.46 bits per heavy atom. The van der Waals surface area contributed by atoms with E-state index in [1.807, 2.05) is 0 Å². The molecule has 0 amide bonds. The average Bonchev–Trinajstić information content (AvgIpc) is 3.03. The Morgan fingerprint density at radius 1 is 0.923 bits per heavy atom. The molecule has 0 radical (unpaired) electrons. The SMILES string of the molecule is Fc1ccc(Cn2nnc3c(Nc4ccc(F)cc4F)ncnc32)cc1. The number of aromatic nitrogens is 5. The minimum Gasteiger partial charge on any atom is -0.336 e. The first kappa shape index (κ1) is 16.0. The van der Waals surface area contributed by atoms with E-state index >= 15 is 0 Å². The molecular formula is C17H11F3N6. The summed E-state index contributed by atoms with van der Waals surface area (Å²) in [5.74, 6) is -1.51. The lowest BCUT2D eigenvalue weighted by Gasteiger charge is -2.07. The van der Waals surface area contributed by atoms with Crippen LogP contribution in [0.5, 0.6) is 0 Å². The first-order valence-corrected chi connectivity index (χ1v) is 7.61. The summed E-state index contributed by atoms with van der Waals surface area (Å²) < 4.78 is 41.4. The van der Waals surface area contributed by atoms with Crippen molar-refractivity contribution in [3.05, 3.63) is 71.8 Å². The predicted molar refractivity (Wildman–Crippen MR) is 88.3 cm³/mol. The molecule has 0 saturated carbocycles. The molecule has 0 spiro atoms. The second kappa shape index (κ2) is 6.43. The lowest BCUT2D eigenvalue weighted by atomic mass is 10.2. The van der Waals surface area contributed by atoms with Gasteiger partial charge in [-0.25, -0.2) is 27.8 Å². The fourth-order valence-electron chi connectivity index (χ4n) is 2.47. The molecule has 2 heterocycles. The molecule has 1 N–H and O–H groups in total. The summed E-state index contributed by atoms with van der Waals surface area (Å²) >= 11 is 0. The van der Waals surface area contributed by atoms with Gasteiger partial charge < -0.3 is 5.32 Å². The fraction of sp³-hybridized carbons (Fsp3) is 0.0588. The van der Waals surface area contributed by atoms with Crippen LogP contribution in [0.4, 0.5) is 24.7 Å². The molecule has 2 aromatic heterocycles. The van der Waals surface area contributed by atoms with Gasteiger partial charge in [0.05, 0.1) is 12.2 Å². The minimum atomic E-state index is -0.754. The van der Waals surface area contributed by atoms with Crippen LogP contribution in [0.2, 0.25) is 0 Å². The molecule has 0 unspecified atom stereocenters. The highest BCUT2D eigenvalue weighted by molar-refractivity contribution is 5.84. The third-order valence-electron chi connectivity index (χ3n) is 3.73. The Morgan fingerprint density at radius 2 is 1.69 bits per heavy atom. The van der Waals surface area contributed by atoms with Crippen molar-refractivity contribution < 1.29 is 13.2 Å². The van der Waals surface area contributed by atoms with Gasteiger partial charge >= 0.3 is 0 Å². The van der Waals surface area contributed by atoms with Gasteiger partial charge in [0.15, 0.2) is 17.0 Å². The zero-order chi connectivity index (χ0) is 18.1. The number of benzene rings is 2. The van der Waals surface area contributed by atoms with E-state index in [0.29, 0.717) is 17.7 Å². The number of rotatable bonds is 4. The summed E-state index contributed by atoms with van der Waals surface area (Å²) in [6.07, 6.45) is 1.29. The average molecular weight is 356 g/mol. The van der Waals surface area contributed by atoms with Crippen molar-refractivity contribution in [2.24, 2.45) is 0 Å². The number of fused-ring (bicyclic) bond motifs is 1. The Bertz CT molecular complexity index is 1080. The van der Waals surface area contributed by atoms with Crippen molar-refractivity contribution in [1.29, 1.82) is 0 Å². The van der Waals surface area contributed by atoms with Gasteiger partial charge in [-0.05, 0) is 29.8 Å². The summed E-state index contributed by atoms with van der Waals surface area (Å²) in [5, 5.41) is 10.8. The maximum absolute atomic E-state index is 13.8. The quantitative estimate of drug-likeness (QED) is 0.607. The van der Waals surface area contributed by atoms with Crippen LogP contribution in [0.25, 0.3) is 11.2 Å². The third-order valence-corrected chi connectivity index (χ3v) is 3.73. The van der Waals surface area contributed by atoms with Gasteiger partial charge in [-0.15, -0.1) is 5.10 Å². The minimum absolute atomic E-state index is 0.0551. The highest BCUT2D eigenvalue weighted by atomic mass is 19.1. The van der Waals surface area contributed by atoms with E-state index in [2.05, 4.69) is 25.6 Å². The lowest BCUT2D eigenvalue weighted by molar-refractivity contribution is 0.586. The predicted octanol–water partition coefficient (Wildman–Crippen LogP) is 3.43. The van der Waals surface area contributed by atoms with Crippen molar-refractivity contribution in [2.75, 3.05) is 5.32 Å². The number of nitrogens with one attached hydrogen (secondary N) is 1. The number of anilines is 2. The number of hydrogen-bond donors (Lipinski definition) is 1. The standard InChI is InChI=1S/C17H11F3N6/c18-11-3-1-10(2-4-11)8-26-17-15(24-25-26)16(21-9-22-17)23-14-6-5-12(19)7-13(14)20/h1-7,9H,8H2,(H,21,22,23). The Kier molecular flexibility index (Phi) is 3.96. The smallest absolute Gasteiger partial charge is 0.184 e. The van der Waals surface area contributed by atoms with E-state index in [-0.39, 0.29) is 17.3 Å². The van der Waals surface area contributed by atoms with Gasteiger partial charge in [0, 0.05) is 6.07 Å². The molecule has 130 valence electrons. The highest BCUT2D eigenvalue weighted by Gasteiger charge is 2.14. The van der Waals surface area contributed by atoms with Gasteiger partial charge in [0.2, 0.25) is 0 Å². The molecule has 0 aliphatic rings. The maximum Gasteiger partial charge on any atom is 0.184 e. The molecule has 0 atom stereocenters. The largest absolute Gasteiger partial charge is 0.336 e. The van der Waals surface area contributed by atoms with Crippen LogP contribution in [0.3, 0.4) is 0 Å². The topological polar surface area (TPSA) is 68.5 Å². The van der Waals surface area contributed by atoms with Crippen LogP contribution >= 0.6 is 0 Å². The second-order valence-electron chi connectivity index (χ2n) is 5.52. The zero-order valence-electron chi connectivity index (χ0n) is 13.2. The summed E-state index contributed by atoms with van der Waals surface area (Å²) in [4.78, 5) is 8.20. The van der Waals surface area contributed by atoms with Crippen LogP contribution < -0.4 is 5.32 Å². The molecule has 0 aliphatic carbocycles. The van der Waals surface area contributed by atoms with E-state index < -0.39 is 11.6 Å². The Balaban J connectivity index is 1.67. The summed E-state index contributed by atoms with van der Waals surface area (Å²) in [6.45, 7) is 0.331. The van der Waals surface area contributed by atoms with E-state index in [1.165, 1.54) is 29.2 Å². The highest BCUT2D eigenvalue weighted by Crippen LogP contribution is 2.23. The molecule has 4 aromatic rings. The maximum atomic E-state index is 13.8. The normalized spacial score (nSPS) is 11.0. The molecule has 26 heavy (non-hydrogen) atoms. The van der Waals surface area contributed by atoms with Crippen molar-refractivity contribution in [2.45, 2.75) is 6.54 Å². The van der Waals surface area contributed by atoms with Crippen molar-refractivity contribution in [3.8, 4) is 0 Å². The monoisotopic (exact) mass is 356 g/mol. The first-order valence-electron chi connectivity index (χ1n) is 7.61. The van der Waals surface area contributed by atoms with E-state index in [4.69, 9.17) is 0 Å². The summed E-state index contributed by atoms with van der Waals surface area (Å²) in [7, 11) is 0. The number of halogens is 3. The molecule has 0 saturated heterocycles. The summed E-state index contributed by atoms with van der Waals surface area (Å²) in [6, 6.07) is 9.15. The Hall–Kier alpha value is -3.49. The van der Waals surface area contributed by atoms with Crippen molar-refractivity contribution in [3.63, 3.8) is 0 Å². The molecule has 4 rings (SSSR count). The second-order valence-corrected chi connectivity index (χ2v) is 5.52. The fourth-order valence-corrected chi connectivity index (χ4v) is 2.47. The number of hydrogen-bond acceptors (Lipinski definition) is 5. The van der Waals surface area contributed by atoms with Gasteiger partial charge in [0.25, 0.3) is 0 Å². The van der Waals surface area contributed by atoms with Crippen LogP contribution in [-0.2, 0) is 6.54 Å². The van der Waals surface area contributed by atoms with E-state index in [1.54, 1.807) is 12.1 Å². The molecular weight excluding hydrogens is 345 g/mol. The van der Waals surface area contributed by atoms with Gasteiger partial charge in [-0.1, -0.05) is 17.3 Å². The molecule has 0 bridgehead atoms. The van der Waals surface area contributed by atoms with Gasteiger partial charge in [-0.3, -0.25) is 0 Å². The van der Waals surface area contributed by atoms with Crippen LogP contribution in [0.15, 0.2) is 48.8 Å². The molecule has 9 heteroatoms. The molecule has 0 fully saturated rings. The number of nitrogens with zero attached hydrogens (tertiary/aromatic N) is 5. The molecule has 0 aliphatic heterocycles. The van der Waals surface area contributed by atoms with Gasteiger partial charge in [-0.2, -0.15) is 0 Å². The zero-order valence-corrected chi connectivity index (χ0v) is 13.2. The van der Waals surface area contributed by atoms with Crippen LogP contribution in [0.1, 0.15) is 5.56 Å². The third kappa shape index (κ3) is 3.06. The Labute approximate surface area is 145 Å². The van der Waals surface area contributed by atoms with E-state index in [0.717, 1.165) is 17.7 Å². The molecule has 2 aromatic carbocycles.